The van der Waals surface area contributed by atoms with Crippen LogP contribution in [0.15, 0.2) is 152 Å². The topological polar surface area (TPSA) is 6.48 Å². The molecule has 7 aromatic rings. The number of hydrogen-bond donors (Lipinski definition) is 0. The van der Waals surface area contributed by atoms with Gasteiger partial charge in [0.15, 0.2) is 0 Å². The average molecular weight is 663 g/mol. The molecule has 2 nitrogen and oxygen atoms in total. The van der Waals surface area contributed by atoms with Gasteiger partial charge in [-0.3, -0.25) is 0 Å². The maximum absolute atomic E-state index is 2.34. The van der Waals surface area contributed by atoms with Crippen LogP contribution in [-0.2, 0) is 0 Å². The van der Waals surface area contributed by atoms with Crippen LogP contribution in [0, 0.1) is 48.5 Å². The van der Waals surface area contributed by atoms with Gasteiger partial charge in [-0.2, -0.15) is 0 Å². The molecule has 2 heteroatoms. The van der Waals surface area contributed by atoms with Crippen molar-refractivity contribution >= 4 is 34.1 Å². The lowest BCUT2D eigenvalue weighted by Crippen LogP contribution is -2.10. The van der Waals surface area contributed by atoms with Crippen molar-refractivity contribution in [2.75, 3.05) is 9.80 Å². The molecule has 7 aromatic carbocycles. The normalized spacial score (nSPS) is 11.0. The van der Waals surface area contributed by atoms with Crippen LogP contribution in [0.1, 0.15) is 38.9 Å². The fourth-order valence-electron chi connectivity index (χ4n) is 7.30. The van der Waals surface area contributed by atoms with Crippen LogP contribution in [0.2, 0.25) is 0 Å². The predicted molar refractivity (Wildman–Crippen MR) is 220 cm³/mol. The third-order valence-electron chi connectivity index (χ3n) is 9.97. The van der Waals surface area contributed by atoms with Gasteiger partial charge < -0.3 is 9.80 Å². The van der Waals surface area contributed by atoms with Crippen LogP contribution in [0.3, 0.4) is 0 Å². The van der Waals surface area contributed by atoms with Crippen LogP contribution in [-0.4, -0.2) is 0 Å². The molecule has 51 heavy (non-hydrogen) atoms. The Bertz CT molecular complexity index is 2010. The van der Waals surface area contributed by atoms with Crippen molar-refractivity contribution < 1.29 is 0 Å². The van der Waals surface area contributed by atoms with Gasteiger partial charge in [0.2, 0.25) is 0 Å². The third kappa shape index (κ3) is 6.96. The van der Waals surface area contributed by atoms with Gasteiger partial charge in [0.1, 0.15) is 0 Å². The van der Waals surface area contributed by atoms with E-state index < -0.39 is 0 Å². The predicted octanol–water partition coefficient (Wildman–Crippen LogP) is 14.1. The summed E-state index contributed by atoms with van der Waals surface area (Å²) in [7, 11) is 0. The summed E-state index contributed by atoms with van der Waals surface area (Å²) in [5, 5.41) is 0. The first-order valence-electron chi connectivity index (χ1n) is 17.8. The molecule has 0 spiro atoms. The van der Waals surface area contributed by atoms with Crippen molar-refractivity contribution in [2.45, 2.75) is 48.5 Å². The molecule has 0 saturated heterocycles. The molecule has 0 N–H and O–H groups in total. The van der Waals surface area contributed by atoms with Gasteiger partial charge in [0.25, 0.3) is 0 Å². The summed E-state index contributed by atoms with van der Waals surface area (Å²) >= 11 is 0. The molecule has 0 unspecified atom stereocenters. The highest BCUT2D eigenvalue weighted by molar-refractivity contribution is 5.86. The first-order chi connectivity index (χ1) is 24.7. The van der Waals surface area contributed by atoms with E-state index in [2.05, 4.69) is 210 Å². The van der Waals surface area contributed by atoms with E-state index in [1.54, 1.807) is 0 Å². The van der Waals surface area contributed by atoms with Crippen molar-refractivity contribution in [1.29, 1.82) is 0 Å². The summed E-state index contributed by atoms with van der Waals surface area (Å²) in [5.41, 5.74) is 20.8. The average Bonchev–Trinajstić information content (AvgIpc) is 3.13. The van der Waals surface area contributed by atoms with Crippen LogP contribution >= 0.6 is 0 Å². The zero-order chi connectivity index (χ0) is 35.6. The van der Waals surface area contributed by atoms with Gasteiger partial charge in [-0.05, 0) is 160 Å². The number of aryl methyl sites for hydroxylation is 6. The van der Waals surface area contributed by atoms with Gasteiger partial charge in [-0.25, -0.2) is 0 Å². The first kappa shape index (κ1) is 33.6. The molecule has 0 radical (unpaired) electrons. The molecule has 0 atom stereocenters. The van der Waals surface area contributed by atoms with E-state index in [9.17, 15) is 0 Å². The van der Waals surface area contributed by atoms with Crippen molar-refractivity contribution in [1.82, 2.24) is 0 Å². The van der Waals surface area contributed by atoms with E-state index in [0.29, 0.717) is 0 Å². The van der Waals surface area contributed by atoms with Crippen LogP contribution < -0.4 is 9.80 Å². The van der Waals surface area contributed by atoms with E-state index in [0.717, 1.165) is 34.1 Å². The molecule has 7 rings (SSSR count). The van der Waals surface area contributed by atoms with Gasteiger partial charge >= 0.3 is 0 Å². The lowest BCUT2D eigenvalue weighted by atomic mass is 9.86. The van der Waals surface area contributed by atoms with Gasteiger partial charge in [-0.1, -0.05) is 101 Å². The monoisotopic (exact) mass is 662 g/mol. The smallest absolute Gasteiger partial charge is 0.0462 e. The number of anilines is 6. The lowest BCUT2D eigenvalue weighted by Gasteiger charge is -2.26. The van der Waals surface area contributed by atoms with Crippen LogP contribution in [0.5, 0.6) is 0 Å². The van der Waals surface area contributed by atoms with Crippen LogP contribution in [0.4, 0.5) is 34.1 Å². The minimum Gasteiger partial charge on any atom is -0.311 e. The highest BCUT2D eigenvalue weighted by atomic mass is 15.1. The van der Waals surface area contributed by atoms with Crippen LogP contribution in [0.25, 0.3) is 22.3 Å². The van der Waals surface area contributed by atoms with Gasteiger partial charge in [0, 0.05) is 34.1 Å². The summed E-state index contributed by atoms with van der Waals surface area (Å²) in [6.07, 6.45) is 0. The second-order valence-corrected chi connectivity index (χ2v) is 14.0. The minimum absolute atomic E-state index is 1.14. The van der Waals surface area contributed by atoms with Crippen molar-refractivity contribution in [3.05, 3.63) is 191 Å². The molecule has 0 heterocycles. The molecule has 0 aliphatic carbocycles. The Morgan fingerprint density at radius 1 is 0.275 bits per heavy atom. The zero-order valence-corrected chi connectivity index (χ0v) is 30.8. The molecule has 0 aliphatic heterocycles. The Morgan fingerprint density at radius 3 is 0.725 bits per heavy atom. The molecular weight excluding hydrogens is 617 g/mol. The summed E-state index contributed by atoms with van der Waals surface area (Å²) in [5.74, 6) is 0. The standard InChI is InChI=1S/C49H46N2/c1-33-8-20-42(21-9-33)50(43-22-10-34(2)11-23-43)46-28-16-40(17-29-46)48-37(5)32-38(6)49(39(48)7)41-18-30-47(31-19-41)51(44-24-12-35(3)13-25-44)45-26-14-36(4)15-27-45/h8-32H,1-7H3. The molecule has 0 fully saturated rings. The second-order valence-electron chi connectivity index (χ2n) is 14.0. The van der Waals surface area contributed by atoms with Crippen molar-refractivity contribution in [3.63, 3.8) is 0 Å². The summed E-state index contributed by atoms with van der Waals surface area (Å²) < 4.78 is 0. The highest BCUT2D eigenvalue weighted by Crippen LogP contribution is 2.41. The summed E-state index contributed by atoms with van der Waals surface area (Å²) in [6.45, 7) is 15.3. The van der Waals surface area contributed by atoms with Gasteiger partial charge in [0.05, 0.1) is 0 Å². The molecule has 0 amide bonds. The van der Waals surface area contributed by atoms with E-state index >= 15 is 0 Å². The van der Waals surface area contributed by atoms with E-state index in [-0.39, 0.29) is 0 Å². The Labute approximate surface area is 304 Å². The molecule has 252 valence electrons. The number of rotatable bonds is 8. The minimum atomic E-state index is 1.14. The fraction of sp³-hybridized carbons (Fsp3) is 0.143. The van der Waals surface area contributed by atoms with E-state index in [1.807, 2.05) is 0 Å². The zero-order valence-electron chi connectivity index (χ0n) is 30.8. The quantitative estimate of drug-likeness (QED) is 0.160. The Kier molecular flexibility index (Phi) is 9.34. The Morgan fingerprint density at radius 2 is 0.490 bits per heavy atom. The third-order valence-corrected chi connectivity index (χ3v) is 9.97. The maximum atomic E-state index is 2.34. The number of nitrogens with zero attached hydrogens (tertiary/aromatic N) is 2. The number of benzene rings is 7. The van der Waals surface area contributed by atoms with E-state index in [4.69, 9.17) is 0 Å². The Hall–Kier alpha value is -5.86. The van der Waals surface area contributed by atoms with Gasteiger partial charge in [-0.15, -0.1) is 0 Å². The Balaban J connectivity index is 1.25. The summed E-state index contributed by atoms with van der Waals surface area (Å²) in [6, 6.07) is 55.6. The number of hydrogen-bond acceptors (Lipinski definition) is 2. The maximum Gasteiger partial charge on any atom is 0.0462 e. The fourth-order valence-corrected chi connectivity index (χ4v) is 7.30. The van der Waals surface area contributed by atoms with Crippen molar-refractivity contribution in [2.24, 2.45) is 0 Å². The molecule has 0 aliphatic rings. The van der Waals surface area contributed by atoms with Crippen molar-refractivity contribution in [3.8, 4) is 22.3 Å². The molecule has 0 saturated carbocycles. The highest BCUT2D eigenvalue weighted by Gasteiger charge is 2.18. The van der Waals surface area contributed by atoms with E-state index in [1.165, 1.54) is 61.2 Å². The first-order valence-corrected chi connectivity index (χ1v) is 17.8. The second kappa shape index (κ2) is 14.2. The largest absolute Gasteiger partial charge is 0.311 e. The lowest BCUT2D eigenvalue weighted by molar-refractivity contribution is 1.26. The molecule has 0 bridgehead atoms. The summed E-state index contributed by atoms with van der Waals surface area (Å²) in [4.78, 5) is 4.67. The molecular formula is C49H46N2. The molecule has 0 aromatic heterocycles. The SMILES string of the molecule is Cc1ccc(N(c2ccc(C)cc2)c2ccc(-c3c(C)cc(C)c(-c4ccc(N(c5ccc(C)cc5)c5ccc(C)cc5)cc4)c3C)cc2)cc1.